The first kappa shape index (κ1) is 14.8. The normalized spacial score (nSPS) is 11.6. The van der Waals surface area contributed by atoms with Gasteiger partial charge < -0.3 is 5.73 Å². The van der Waals surface area contributed by atoms with Gasteiger partial charge in [-0.05, 0) is 6.92 Å². The van der Waals surface area contributed by atoms with Crippen molar-refractivity contribution in [2.24, 2.45) is 15.2 Å². The summed E-state index contributed by atoms with van der Waals surface area (Å²) in [5.74, 6) is 1.12. The maximum Gasteiger partial charge on any atom is 0.253 e. The third-order valence-corrected chi connectivity index (χ3v) is 2.27. The molecule has 112 valence electrons. The van der Waals surface area contributed by atoms with Crippen LogP contribution in [-0.4, -0.2) is 43.0 Å². The Balaban J connectivity index is 2.08. The van der Waals surface area contributed by atoms with E-state index in [4.69, 9.17) is 11.0 Å². The second kappa shape index (κ2) is 6.22. The fourth-order valence-corrected chi connectivity index (χ4v) is 1.37. The number of aromatic nitrogens is 6. The van der Waals surface area contributed by atoms with E-state index >= 15 is 0 Å². The van der Waals surface area contributed by atoms with E-state index in [1.54, 1.807) is 13.0 Å². The lowest BCUT2D eigenvalue weighted by Crippen LogP contribution is -2.10. The molecule has 0 unspecified atom stereocenters. The highest BCUT2D eigenvalue weighted by Crippen LogP contribution is 2.09. The third-order valence-electron chi connectivity index (χ3n) is 2.27. The number of nitrogens with two attached hydrogens (primary N) is 1. The van der Waals surface area contributed by atoms with Gasteiger partial charge in [0.1, 0.15) is 11.9 Å². The minimum atomic E-state index is -0.00911. The first-order valence-electron chi connectivity index (χ1n) is 5.90. The van der Waals surface area contributed by atoms with Crippen LogP contribution < -0.4 is 11.1 Å². The molecule has 2 aromatic heterocycles. The second-order valence-corrected chi connectivity index (χ2v) is 3.84. The van der Waals surface area contributed by atoms with Gasteiger partial charge in [0.2, 0.25) is 17.9 Å². The van der Waals surface area contributed by atoms with Crippen LogP contribution in [-0.2, 0) is 0 Å². The molecule has 0 aliphatic rings. The Bertz CT molecular complexity index is 785. The first-order chi connectivity index (χ1) is 10.5. The van der Waals surface area contributed by atoms with Gasteiger partial charge in [-0.3, -0.25) is 10.3 Å². The standard InChI is InChI=1S/C10H12N12/c1-5-14-8(12)22(21-5)6(2)17-19-9(13-3)16-10-15-7(4-11)18-20-10/h2H2,1,3H3,(H2,12,14,21)(H2,13,15,16,18,20)/b19-17-. The van der Waals surface area contributed by atoms with Crippen molar-refractivity contribution in [1.82, 2.24) is 29.9 Å². The molecule has 12 nitrogen and oxygen atoms in total. The number of hydrogen-bond donors (Lipinski definition) is 3. The lowest BCUT2D eigenvalue weighted by molar-refractivity contribution is 0.869. The number of hydrogen-bond acceptors (Lipinski definition) is 8. The van der Waals surface area contributed by atoms with Gasteiger partial charge in [0, 0.05) is 7.05 Å². The lowest BCUT2D eigenvalue weighted by Gasteiger charge is -2.01. The zero-order valence-electron chi connectivity index (χ0n) is 11.8. The molecule has 4 N–H and O–H groups in total. The van der Waals surface area contributed by atoms with Crippen molar-refractivity contribution < 1.29 is 0 Å². The summed E-state index contributed by atoms with van der Waals surface area (Å²) >= 11 is 0. The highest BCUT2D eigenvalue weighted by molar-refractivity contribution is 5.92. The molecule has 0 atom stereocenters. The van der Waals surface area contributed by atoms with E-state index < -0.39 is 0 Å². The van der Waals surface area contributed by atoms with Gasteiger partial charge in [0.25, 0.3) is 5.82 Å². The zero-order valence-corrected chi connectivity index (χ0v) is 11.8. The van der Waals surface area contributed by atoms with E-state index in [1.165, 1.54) is 11.7 Å². The molecule has 2 rings (SSSR count). The molecule has 2 aromatic rings. The Morgan fingerprint density at radius 2 is 2.23 bits per heavy atom. The smallest absolute Gasteiger partial charge is 0.253 e. The number of azo groups is 1. The number of guanidine groups is 1. The molecule has 0 aromatic carbocycles. The number of H-pyrrole nitrogens is 1. The van der Waals surface area contributed by atoms with Crippen LogP contribution in [0.15, 0.2) is 21.8 Å². The van der Waals surface area contributed by atoms with Crippen molar-refractivity contribution in [2.45, 2.75) is 6.92 Å². The van der Waals surface area contributed by atoms with Gasteiger partial charge in [0.15, 0.2) is 5.82 Å². The van der Waals surface area contributed by atoms with Crippen LogP contribution in [0.1, 0.15) is 11.6 Å². The zero-order chi connectivity index (χ0) is 16.1. The number of aromatic amines is 1. The summed E-state index contributed by atoms with van der Waals surface area (Å²) in [7, 11) is 1.50. The summed E-state index contributed by atoms with van der Waals surface area (Å²) < 4.78 is 1.24. The minimum Gasteiger partial charge on any atom is -0.368 e. The fourth-order valence-electron chi connectivity index (χ4n) is 1.37. The average Bonchev–Trinajstić information content (AvgIpc) is 3.09. The molecule has 0 radical (unpaired) electrons. The topological polar surface area (TPSA) is 171 Å². The third kappa shape index (κ3) is 3.28. The average molecular weight is 300 g/mol. The SMILES string of the molecule is C=C(/N=N\C(=N/C)Nc1nc(C#N)n[nH]1)n1nc(C)nc1N. The molecule has 2 heterocycles. The van der Waals surface area contributed by atoms with E-state index in [0.29, 0.717) is 5.82 Å². The van der Waals surface area contributed by atoms with Crippen LogP contribution in [0.2, 0.25) is 0 Å². The lowest BCUT2D eigenvalue weighted by atomic mass is 10.7. The number of nitrogens with one attached hydrogen (secondary N) is 2. The van der Waals surface area contributed by atoms with E-state index in [2.05, 4.69) is 52.4 Å². The Hall–Kier alpha value is -3.62. The minimum absolute atomic E-state index is 0.00911. The largest absolute Gasteiger partial charge is 0.368 e. The van der Waals surface area contributed by atoms with E-state index in [0.717, 1.165) is 0 Å². The van der Waals surface area contributed by atoms with Gasteiger partial charge >= 0.3 is 0 Å². The van der Waals surface area contributed by atoms with Gasteiger partial charge in [-0.1, -0.05) is 6.58 Å². The molecule has 0 saturated heterocycles. The summed E-state index contributed by atoms with van der Waals surface area (Å²) in [5, 5.41) is 29.2. The number of nitrogen functional groups attached to an aromatic ring is 1. The molecule has 0 saturated carbocycles. The summed E-state index contributed by atoms with van der Waals surface area (Å²) in [6, 6.07) is 1.78. The molecule has 22 heavy (non-hydrogen) atoms. The van der Waals surface area contributed by atoms with Crippen LogP contribution in [0, 0.1) is 18.3 Å². The monoisotopic (exact) mass is 300 g/mol. The molecule has 0 fully saturated rings. The summed E-state index contributed by atoms with van der Waals surface area (Å²) in [4.78, 5) is 11.6. The molecule has 0 amide bonds. The van der Waals surface area contributed by atoms with Gasteiger partial charge in [0.05, 0.1) is 0 Å². The number of nitriles is 1. The van der Waals surface area contributed by atoms with Crippen LogP contribution in [0.3, 0.4) is 0 Å². The summed E-state index contributed by atoms with van der Waals surface area (Å²) in [5.41, 5.74) is 5.65. The van der Waals surface area contributed by atoms with Crippen molar-refractivity contribution in [2.75, 3.05) is 18.1 Å². The maximum absolute atomic E-state index is 8.64. The van der Waals surface area contributed by atoms with Crippen LogP contribution in [0.5, 0.6) is 0 Å². The van der Waals surface area contributed by atoms with Crippen molar-refractivity contribution >= 4 is 23.7 Å². The molecular formula is C10H12N12. The highest BCUT2D eigenvalue weighted by atomic mass is 15.4. The molecule has 0 aliphatic heterocycles. The number of anilines is 2. The van der Waals surface area contributed by atoms with Crippen molar-refractivity contribution in [3.8, 4) is 6.07 Å². The van der Waals surface area contributed by atoms with E-state index in [-0.39, 0.29) is 29.5 Å². The van der Waals surface area contributed by atoms with Crippen LogP contribution >= 0.6 is 0 Å². The number of nitrogens with zero attached hydrogens (tertiary/aromatic N) is 9. The van der Waals surface area contributed by atoms with Gasteiger partial charge in [-0.15, -0.1) is 20.4 Å². The molecular weight excluding hydrogens is 288 g/mol. The highest BCUT2D eigenvalue weighted by Gasteiger charge is 2.07. The summed E-state index contributed by atoms with van der Waals surface area (Å²) in [6.45, 7) is 5.38. The van der Waals surface area contributed by atoms with Crippen LogP contribution in [0.25, 0.3) is 5.82 Å². The Morgan fingerprint density at radius 1 is 1.45 bits per heavy atom. The van der Waals surface area contributed by atoms with E-state index in [9.17, 15) is 0 Å². The molecule has 12 heteroatoms. The Kier molecular flexibility index (Phi) is 4.18. The number of aliphatic imine (C=N–C) groups is 1. The summed E-state index contributed by atoms with van der Waals surface area (Å²) in [6.07, 6.45) is 0. The van der Waals surface area contributed by atoms with Gasteiger partial charge in [-0.2, -0.15) is 19.9 Å². The molecule has 0 bridgehead atoms. The van der Waals surface area contributed by atoms with Crippen molar-refractivity contribution in [1.29, 1.82) is 5.26 Å². The fraction of sp³-hybridized carbons (Fsp3) is 0.200. The number of rotatable bonds is 3. The van der Waals surface area contributed by atoms with Crippen LogP contribution in [0.4, 0.5) is 11.9 Å². The predicted octanol–water partition coefficient (Wildman–Crippen LogP) is 0.137. The van der Waals surface area contributed by atoms with Crippen molar-refractivity contribution in [3.63, 3.8) is 0 Å². The Labute approximate surface area is 124 Å². The van der Waals surface area contributed by atoms with E-state index in [1.807, 2.05) is 0 Å². The first-order valence-corrected chi connectivity index (χ1v) is 5.90. The second-order valence-electron chi connectivity index (χ2n) is 3.84. The predicted molar refractivity (Wildman–Crippen MR) is 77.4 cm³/mol. The van der Waals surface area contributed by atoms with Gasteiger partial charge in [-0.25, -0.2) is 5.10 Å². The Morgan fingerprint density at radius 3 is 2.77 bits per heavy atom. The quantitative estimate of drug-likeness (QED) is 0.410. The molecule has 0 spiro atoms. The maximum atomic E-state index is 8.64. The van der Waals surface area contributed by atoms with Crippen molar-refractivity contribution in [3.05, 3.63) is 18.2 Å². The number of aryl methyl sites for hydroxylation is 1. The molecule has 0 aliphatic carbocycles.